The lowest BCUT2D eigenvalue weighted by Crippen LogP contribution is -2.53. The van der Waals surface area contributed by atoms with Gasteiger partial charge < -0.3 is 30.0 Å². The van der Waals surface area contributed by atoms with E-state index >= 15 is 0 Å². The topological polar surface area (TPSA) is 140 Å². The highest BCUT2D eigenvalue weighted by molar-refractivity contribution is 7.99. The Hall–Kier alpha value is -3.57. The van der Waals surface area contributed by atoms with Crippen molar-refractivity contribution in [3.05, 3.63) is 59.7 Å². The molecule has 0 spiro atoms. The van der Waals surface area contributed by atoms with Crippen molar-refractivity contribution >= 4 is 35.7 Å². The number of aliphatic hydroxyl groups excluding tert-OH is 1. The van der Waals surface area contributed by atoms with Gasteiger partial charge in [0.2, 0.25) is 5.91 Å². The summed E-state index contributed by atoms with van der Waals surface area (Å²) in [5.74, 6) is -0.789. The molecule has 334 valence electrons. The van der Waals surface area contributed by atoms with Crippen molar-refractivity contribution < 1.29 is 38.5 Å². The highest BCUT2D eigenvalue weighted by Crippen LogP contribution is 2.44. The van der Waals surface area contributed by atoms with E-state index in [1.807, 2.05) is 36.4 Å². The lowest BCUT2D eigenvalue weighted by molar-refractivity contribution is -0.157. The summed E-state index contributed by atoms with van der Waals surface area (Å²) in [5, 5.41) is 15.6. The van der Waals surface area contributed by atoms with Gasteiger partial charge in [0.05, 0.1) is 12.1 Å². The SMILES string of the molecule is CCCCCCCCCCCC(=O)OC[C@H](CSC[C@H](NC(=O)OCC1c2ccccc2-c2ccccc21)C(=O)NC1(CO)CC1)OC(=O)CCCCCCCCCCC. The molecule has 11 heteroatoms. The highest BCUT2D eigenvalue weighted by atomic mass is 32.2. The van der Waals surface area contributed by atoms with Crippen LogP contribution in [0.1, 0.15) is 172 Å². The molecule has 2 amide bonds. The molecule has 2 aliphatic carbocycles. The smallest absolute Gasteiger partial charge is 0.407 e. The Bertz CT molecular complexity index is 1540. The van der Waals surface area contributed by atoms with Crippen LogP contribution in [0.3, 0.4) is 0 Å². The van der Waals surface area contributed by atoms with Gasteiger partial charge in [-0.15, -0.1) is 0 Å². The molecule has 2 aromatic rings. The molecular weight excluding hydrogens is 777 g/mol. The van der Waals surface area contributed by atoms with Crippen LogP contribution in [0.2, 0.25) is 0 Å². The van der Waals surface area contributed by atoms with Crippen LogP contribution in [0, 0.1) is 0 Å². The Labute approximate surface area is 364 Å². The maximum absolute atomic E-state index is 13.6. The summed E-state index contributed by atoms with van der Waals surface area (Å²) in [6, 6.07) is 15.2. The summed E-state index contributed by atoms with van der Waals surface area (Å²) < 4.78 is 17.3. The Morgan fingerprint density at radius 2 is 1.18 bits per heavy atom. The number of amides is 2. The molecule has 2 aromatic carbocycles. The van der Waals surface area contributed by atoms with E-state index < -0.39 is 29.7 Å². The van der Waals surface area contributed by atoms with Crippen LogP contribution in [-0.4, -0.2) is 78.1 Å². The van der Waals surface area contributed by atoms with Gasteiger partial charge in [-0.1, -0.05) is 165 Å². The highest BCUT2D eigenvalue weighted by Gasteiger charge is 2.44. The minimum Gasteiger partial charge on any atom is -0.462 e. The van der Waals surface area contributed by atoms with E-state index in [4.69, 9.17) is 14.2 Å². The molecule has 0 aromatic heterocycles. The molecule has 10 nitrogen and oxygen atoms in total. The predicted octanol–water partition coefficient (Wildman–Crippen LogP) is 10.6. The molecule has 0 heterocycles. The molecule has 0 bridgehead atoms. The second kappa shape index (κ2) is 28.1. The molecule has 3 N–H and O–H groups in total. The van der Waals surface area contributed by atoms with Crippen LogP contribution < -0.4 is 10.6 Å². The van der Waals surface area contributed by atoms with Gasteiger partial charge >= 0.3 is 18.0 Å². The third kappa shape index (κ3) is 17.8. The van der Waals surface area contributed by atoms with Gasteiger partial charge in [0.15, 0.2) is 0 Å². The summed E-state index contributed by atoms with van der Waals surface area (Å²) in [4.78, 5) is 52.7. The molecule has 2 atom stereocenters. The van der Waals surface area contributed by atoms with E-state index in [1.165, 1.54) is 88.8 Å². The lowest BCUT2D eigenvalue weighted by Gasteiger charge is -2.23. The van der Waals surface area contributed by atoms with Crippen molar-refractivity contribution in [2.45, 2.75) is 179 Å². The van der Waals surface area contributed by atoms with E-state index in [1.54, 1.807) is 0 Å². The van der Waals surface area contributed by atoms with Crippen molar-refractivity contribution in [1.29, 1.82) is 0 Å². The van der Waals surface area contributed by atoms with E-state index in [0.717, 1.165) is 60.8 Å². The quantitative estimate of drug-likeness (QED) is 0.0364. The number of fused-ring (bicyclic) bond motifs is 3. The first-order valence-electron chi connectivity index (χ1n) is 23.3. The van der Waals surface area contributed by atoms with Gasteiger partial charge in [-0.2, -0.15) is 11.8 Å². The van der Waals surface area contributed by atoms with Crippen LogP contribution in [0.15, 0.2) is 48.5 Å². The van der Waals surface area contributed by atoms with Crippen molar-refractivity contribution in [3.8, 4) is 11.1 Å². The number of aliphatic hydroxyl groups is 1. The molecule has 4 rings (SSSR count). The summed E-state index contributed by atoms with van der Waals surface area (Å²) in [6.45, 7) is 4.28. The van der Waals surface area contributed by atoms with Gasteiger partial charge in [0.1, 0.15) is 25.4 Å². The number of esters is 2. The molecule has 60 heavy (non-hydrogen) atoms. The van der Waals surface area contributed by atoms with Crippen molar-refractivity contribution in [1.82, 2.24) is 10.6 Å². The summed E-state index contributed by atoms with van der Waals surface area (Å²) in [6.07, 6.45) is 21.1. The molecule has 0 unspecified atom stereocenters. The first kappa shape index (κ1) is 49.1. The molecule has 0 saturated heterocycles. The standard InChI is InChI=1S/C49H74N2O8S/c1-3-5-7-9-11-13-15-17-19-29-45(53)57-33-38(59-46(54)30-20-18-16-14-12-10-8-6-4-2)35-60-36-44(47(55)51-49(37-52)31-32-49)50-48(56)58-34-43-41-27-23-21-25-39(41)40-26-22-24-28-42(40)43/h21-28,38,43-44,52H,3-20,29-37H2,1-2H3,(H,50,56)(H,51,55)/t38-,44+/m1/s1. The Balaban J connectivity index is 1.29. The maximum atomic E-state index is 13.6. The normalized spacial score (nSPS) is 14.7. The number of hydrogen-bond acceptors (Lipinski definition) is 9. The predicted molar refractivity (Wildman–Crippen MR) is 241 cm³/mol. The van der Waals surface area contributed by atoms with Crippen molar-refractivity contribution in [3.63, 3.8) is 0 Å². The van der Waals surface area contributed by atoms with Crippen LogP contribution in [0.5, 0.6) is 0 Å². The zero-order valence-electron chi connectivity index (χ0n) is 36.7. The Kier molecular flexibility index (Phi) is 23.0. The number of ether oxygens (including phenoxy) is 3. The van der Waals surface area contributed by atoms with Crippen LogP contribution in [0.4, 0.5) is 4.79 Å². The molecule has 0 aliphatic heterocycles. The number of carbonyl (C=O) groups excluding carboxylic acids is 4. The summed E-state index contributed by atoms with van der Waals surface area (Å²) in [5.41, 5.74) is 3.72. The third-order valence-electron chi connectivity index (χ3n) is 11.8. The van der Waals surface area contributed by atoms with E-state index in [2.05, 4.69) is 36.6 Å². The second-order valence-corrected chi connectivity index (χ2v) is 18.0. The van der Waals surface area contributed by atoms with E-state index in [-0.39, 0.29) is 49.2 Å². The minimum atomic E-state index is -0.984. The number of rotatable bonds is 33. The summed E-state index contributed by atoms with van der Waals surface area (Å²) in [7, 11) is 0. The number of thioether (sulfide) groups is 1. The Morgan fingerprint density at radius 3 is 1.70 bits per heavy atom. The van der Waals surface area contributed by atoms with Gasteiger partial charge in [0.25, 0.3) is 0 Å². The van der Waals surface area contributed by atoms with Crippen molar-refractivity contribution in [2.24, 2.45) is 0 Å². The average Bonchev–Trinajstić information content (AvgIpc) is 3.96. The van der Waals surface area contributed by atoms with Crippen LogP contribution >= 0.6 is 11.8 Å². The molecular formula is C49H74N2O8S. The fourth-order valence-electron chi connectivity index (χ4n) is 7.88. The largest absolute Gasteiger partial charge is 0.462 e. The molecule has 0 radical (unpaired) electrons. The number of alkyl carbamates (subject to hydrolysis) is 1. The first-order valence-corrected chi connectivity index (χ1v) is 24.4. The fraction of sp³-hybridized carbons (Fsp3) is 0.673. The molecule has 1 fully saturated rings. The zero-order valence-corrected chi connectivity index (χ0v) is 37.5. The molecule has 2 aliphatic rings. The number of nitrogens with one attached hydrogen (secondary N) is 2. The van der Waals surface area contributed by atoms with Gasteiger partial charge in [-0.05, 0) is 47.9 Å². The fourth-order valence-corrected chi connectivity index (χ4v) is 8.92. The number of carbonyl (C=O) groups is 4. The average molecular weight is 851 g/mol. The summed E-state index contributed by atoms with van der Waals surface area (Å²) >= 11 is 1.33. The second-order valence-electron chi connectivity index (χ2n) is 16.9. The third-order valence-corrected chi connectivity index (χ3v) is 13.0. The number of benzene rings is 2. The van der Waals surface area contributed by atoms with Crippen LogP contribution in [-0.2, 0) is 28.6 Å². The van der Waals surface area contributed by atoms with Crippen LogP contribution in [0.25, 0.3) is 11.1 Å². The molecule has 1 saturated carbocycles. The monoisotopic (exact) mass is 851 g/mol. The Morgan fingerprint density at radius 1 is 0.683 bits per heavy atom. The number of unbranched alkanes of at least 4 members (excludes halogenated alkanes) is 16. The maximum Gasteiger partial charge on any atom is 0.407 e. The van der Waals surface area contributed by atoms with Gasteiger partial charge in [-0.25, -0.2) is 4.79 Å². The lowest BCUT2D eigenvalue weighted by atomic mass is 9.98. The first-order chi connectivity index (χ1) is 29.3. The van der Waals surface area contributed by atoms with Gasteiger partial charge in [0, 0.05) is 30.3 Å². The van der Waals surface area contributed by atoms with E-state index in [9.17, 15) is 24.3 Å². The minimum absolute atomic E-state index is 0.0724. The van der Waals surface area contributed by atoms with E-state index in [0.29, 0.717) is 25.7 Å². The zero-order chi connectivity index (χ0) is 42.8. The van der Waals surface area contributed by atoms with Gasteiger partial charge in [-0.3, -0.25) is 14.4 Å². The van der Waals surface area contributed by atoms with Crippen molar-refractivity contribution in [2.75, 3.05) is 31.3 Å². The number of hydrogen-bond donors (Lipinski definition) is 3.